The molecule has 0 spiro atoms. The maximum absolute atomic E-state index is 11.7. The number of esters is 1. The van der Waals surface area contributed by atoms with Crippen LogP contribution in [0.2, 0.25) is 0 Å². The van der Waals surface area contributed by atoms with Crippen molar-refractivity contribution in [3.8, 4) is 0 Å². The molecule has 1 aromatic carbocycles. The van der Waals surface area contributed by atoms with Crippen LogP contribution in [0.1, 0.15) is 23.2 Å². The van der Waals surface area contributed by atoms with Crippen molar-refractivity contribution >= 4 is 33.5 Å². The fourth-order valence-corrected chi connectivity index (χ4v) is 1.95. The molecule has 1 aliphatic carbocycles. The molecule has 18 heavy (non-hydrogen) atoms. The lowest BCUT2D eigenvalue weighted by molar-refractivity contribution is -0.124. The van der Waals surface area contributed by atoms with E-state index in [0.717, 1.165) is 12.8 Å². The Kier molecular flexibility index (Phi) is 3.86. The predicted molar refractivity (Wildman–Crippen MR) is 70.0 cm³/mol. The van der Waals surface area contributed by atoms with Gasteiger partial charge in [-0.1, -0.05) is 15.9 Å². The summed E-state index contributed by atoms with van der Waals surface area (Å²) >= 11 is 3.24. The van der Waals surface area contributed by atoms with Crippen LogP contribution in [0, 0.1) is 0 Å². The molecule has 0 aliphatic heterocycles. The van der Waals surface area contributed by atoms with E-state index in [9.17, 15) is 9.59 Å². The Morgan fingerprint density at radius 2 is 2.11 bits per heavy atom. The Balaban J connectivity index is 1.88. The molecule has 6 heteroatoms. The van der Waals surface area contributed by atoms with E-state index in [2.05, 4.69) is 21.2 Å². The first kappa shape index (κ1) is 12.9. The van der Waals surface area contributed by atoms with Gasteiger partial charge in [0.25, 0.3) is 5.91 Å². The molecule has 0 heterocycles. The summed E-state index contributed by atoms with van der Waals surface area (Å²) in [5.74, 6) is -0.831. The topological polar surface area (TPSA) is 81.4 Å². The van der Waals surface area contributed by atoms with Gasteiger partial charge in [-0.15, -0.1) is 0 Å². The molecule has 1 amide bonds. The first-order chi connectivity index (χ1) is 8.54. The molecule has 96 valence electrons. The number of nitrogen functional groups attached to an aromatic ring is 1. The molecule has 0 aromatic heterocycles. The second-order valence-corrected chi connectivity index (χ2v) is 5.11. The van der Waals surface area contributed by atoms with Crippen molar-refractivity contribution in [2.45, 2.75) is 18.9 Å². The summed E-state index contributed by atoms with van der Waals surface area (Å²) < 4.78 is 5.59. The van der Waals surface area contributed by atoms with E-state index in [4.69, 9.17) is 10.5 Å². The Hall–Kier alpha value is -1.56. The number of hydrogen-bond acceptors (Lipinski definition) is 4. The lowest BCUT2D eigenvalue weighted by Gasteiger charge is -2.06. The number of benzene rings is 1. The zero-order valence-electron chi connectivity index (χ0n) is 9.61. The Morgan fingerprint density at radius 3 is 2.72 bits per heavy atom. The maximum atomic E-state index is 11.7. The van der Waals surface area contributed by atoms with E-state index < -0.39 is 5.97 Å². The molecule has 0 unspecified atom stereocenters. The quantitative estimate of drug-likeness (QED) is 0.651. The van der Waals surface area contributed by atoms with Crippen molar-refractivity contribution in [3.63, 3.8) is 0 Å². The SMILES string of the molecule is Nc1cc(Br)cc(C(=O)OCC(=O)NC2CC2)c1. The highest BCUT2D eigenvalue weighted by Gasteiger charge is 2.23. The third kappa shape index (κ3) is 3.73. The summed E-state index contributed by atoms with van der Waals surface area (Å²) in [6, 6.07) is 5.04. The van der Waals surface area contributed by atoms with E-state index in [1.165, 1.54) is 6.07 Å². The number of ether oxygens (including phenoxy) is 1. The van der Waals surface area contributed by atoms with Crippen LogP contribution in [0.15, 0.2) is 22.7 Å². The third-order valence-corrected chi connectivity index (χ3v) is 2.89. The number of amides is 1. The highest BCUT2D eigenvalue weighted by Crippen LogP contribution is 2.19. The first-order valence-electron chi connectivity index (χ1n) is 5.57. The van der Waals surface area contributed by atoms with Gasteiger partial charge in [-0.05, 0) is 31.0 Å². The van der Waals surface area contributed by atoms with Gasteiger partial charge in [-0.3, -0.25) is 4.79 Å². The lowest BCUT2D eigenvalue weighted by atomic mass is 10.2. The molecule has 1 aromatic rings. The van der Waals surface area contributed by atoms with E-state index in [0.29, 0.717) is 15.7 Å². The normalized spacial score (nSPS) is 14.1. The molecule has 2 rings (SSSR count). The second-order valence-electron chi connectivity index (χ2n) is 4.19. The van der Waals surface area contributed by atoms with Crippen LogP contribution in [0.5, 0.6) is 0 Å². The van der Waals surface area contributed by atoms with Gasteiger partial charge in [-0.25, -0.2) is 4.79 Å². The molecule has 0 saturated heterocycles. The molecule has 1 saturated carbocycles. The molecular weight excluding hydrogens is 300 g/mol. The molecule has 1 fully saturated rings. The predicted octanol–water partition coefficient (Wildman–Crippen LogP) is 1.47. The Morgan fingerprint density at radius 1 is 1.39 bits per heavy atom. The zero-order valence-corrected chi connectivity index (χ0v) is 11.2. The average molecular weight is 313 g/mol. The fourth-order valence-electron chi connectivity index (χ4n) is 1.44. The minimum Gasteiger partial charge on any atom is -0.452 e. The fraction of sp³-hybridized carbons (Fsp3) is 0.333. The third-order valence-electron chi connectivity index (χ3n) is 2.43. The number of carbonyl (C=O) groups is 2. The van der Waals surface area contributed by atoms with Crippen LogP contribution in [-0.4, -0.2) is 24.5 Å². The van der Waals surface area contributed by atoms with Crippen molar-refractivity contribution in [3.05, 3.63) is 28.2 Å². The molecular formula is C12H13BrN2O3. The summed E-state index contributed by atoms with van der Waals surface area (Å²) in [4.78, 5) is 23.0. The van der Waals surface area contributed by atoms with E-state index >= 15 is 0 Å². The number of rotatable bonds is 4. The molecule has 5 nitrogen and oxygen atoms in total. The minimum absolute atomic E-state index is 0.262. The number of nitrogens with two attached hydrogens (primary N) is 1. The molecule has 0 bridgehead atoms. The number of nitrogens with one attached hydrogen (secondary N) is 1. The van der Waals surface area contributed by atoms with Crippen molar-refractivity contribution in [2.75, 3.05) is 12.3 Å². The summed E-state index contributed by atoms with van der Waals surface area (Å²) in [6.07, 6.45) is 2.00. The van der Waals surface area contributed by atoms with Gasteiger partial charge in [0.15, 0.2) is 6.61 Å². The standard InChI is InChI=1S/C12H13BrN2O3/c13-8-3-7(4-9(14)5-8)12(17)18-6-11(16)15-10-1-2-10/h3-5,10H,1-2,6,14H2,(H,15,16). The number of halogens is 1. The van der Waals surface area contributed by atoms with Gasteiger partial charge >= 0.3 is 5.97 Å². The summed E-state index contributed by atoms with van der Waals surface area (Å²) in [6.45, 7) is -0.262. The number of carbonyl (C=O) groups excluding carboxylic acids is 2. The maximum Gasteiger partial charge on any atom is 0.338 e. The van der Waals surface area contributed by atoms with Gasteiger partial charge in [0, 0.05) is 16.2 Å². The van der Waals surface area contributed by atoms with Gasteiger partial charge in [-0.2, -0.15) is 0 Å². The molecule has 1 aliphatic rings. The summed E-state index contributed by atoms with van der Waals surface area (Å²) in [7, 11) is 0. The Labute approximate surface area is 113 Å². The van der Waals surface area contributed by atoms with Crippen molar-refractivity contribution < 1.29 is 14.3 Å². The molecule has 0 atom stereocenters. The van der Waals surface area contributed by atoms with E-state index in [1.807, 2.05) is 0 Å². The smallest absolute Gasteiger partial charge is 0.338 e. The van der Waals surface area contributed by atoms with Gasteiger partial charge in [0.2, 0.25) is 0 Å². The zero-order chi connectivity index (χ0) is 13.1. The summed E-state index contributed by atoms with van der Waals surface area (Å²) in [5, 5.41) is 2.73. The number of anilines is 1. The minimum atomic E-state index is -0.561. The molecule has 3 N–H and O–H groups in total. The largest absolute Gasteiger partial charge is 0.452 e. The van der Waals surface area contributed by atoms with Gasteiger partial charge < -0.3 is 15.8 Å². The Bertz CT molecular complexity index is 466. The highest BCUT2D eigenvalue weighted by molar-refractivity contribution is 9.10. The number of hydrogen-bond donors (Lipinski definition) is 2. The van der Waals surface area contributed by atoms with Crippen LogP contribution < -0.4 is 11.1 Å². The van der Waals surface area contributed by atoms with Crippen LogP contribution in [0.4, 0.5) is 5.69 Å². The van der Waals surface area contributed by atoms with Gasteiger partial charge in [0.1, 0.15) is 0 Å². The lowest BCUT2D eigenvalue weighted by Crippen LogP contribution is -2.30. The second kappa shape index (κ2) is 5.39. The summed E-state index contributed by atoms with van der Waals surface area (Å²) in [5.41, 5.74) is 6.39. The van der Waals surface area contributed by atoms with Gasteiger partial charge in [0.05, 0.1) is 5.56 Å². The monoisotopic (exact) mass is 312 g/mol. The highest BCUT2D eigenvalue weighted by atomic mass is 79.9. The van der Waals surface area contributed by atoms with Crippen molar-refractivity contribution in [2.24, 2.45) is 0 Å². The van der Waals surface area contributed by atoms with E-state index in [-0.39, 0.29) is 18.6 Å². The first-order valence-corrected chi connectivity index (χ1v) is 6.36. The average Bonchev–Trinajstić information content (AvgIpc) is 3.08. The van der Waals surface area contributed by atoms with Crippen LogP contribution >= 0.6 is 15.9 Å². The van der Waals surface area contributed by atoms with Crippen LogP contribution in [0.25, 0.3) is 0 Å². The van der Waals surface area contributed by atoms with E-state index in [1.54, 1.807) is 12.1 Å². The van der Waals surface area contributed by atoms with Crippen LogP contribution in [-0.2, 0) is 9.53 Å². The van der Waals surface area contributed by atoms with Crippen molar-refractivity contribution in [1.29, 1.82) is 0 Å². The van der Waals surface area contributed by atoms with Crippen LogP contribution in [0.3, 0.4) is 0 Å². The van der Waals surface area contributed by atoms with Crippen molar-refractivity contribution in [1.82, 2.24) is 5.32 Å². The molecule has 0 radical (unpaired) electrons.